The van der Waals surface area contributed by atoms with E-state index in [1.807, 2.05) is 0 Å². The zero-order valence-electron chi connectivity index (χ0n) is 8.01. The Balaban J connectivity index is 2.55. The maximum atomic E-state index is 13.3. The summed E-state index contributed by atoms with van der Waals surface area (Å²) in [5, 5.41) is 6.60. The molecule has 78 valence electrons. The molecule has 0 spiro atoms. The van der Waals surface area contributed by atoms with Crippen LogP contribution in [0, 0.1) is 12.7 Å². The van der Waals surface area contributed by atoms with Gasteiger partial charge in [0, 0.05) is 11.6 Å². The van der Waals surface area contributed by atoms with Gasteiger partial charge in [-0.05, 0) is 40.5 Å². The number of nitrogens with zero attached hydrogens (tertiary/aromatic N) is 1. The van der Waals surface area contributed by atoms with E-state index < -0.39 is 0 Å². The first-order valence-corrected chi connectivity index (χ1v) is 5.14. The molecule has 0 fully saturated rings. The molecule has 0 aliphatic carbocycles. The highest BCUT2D eigenvalue weighted by atomic mass is 79.9. The van der Waals surface area contributed by atoms with Crippen LogP contribution < -0.4 is 5.73 Å². The Bertz CT molecular complexity index is 484. The third-order valence-corrected chi connectivity index (χ3v) is 2.70. The summed E-state index contributed by atoms with van der Waals surface area (Å²) in [6.07, 6.45) is 0. The Morgan fingerprint density at radius 1 is 1.40 bits per heavy atom. The van der Waals surface area contributed by atoms with Crippen molar-refractivity contribution < 1.29 is 4.39 Å². The van der Waals surface area contributed by atoms with Crippen molar-refractivity contribution in [2.24, 2.45) is 0 Å². The summed E-state index contributed by atoms with van der Waals surface area (Å²) in [7, 11) is 0. The Morgan fingerprint density at radius 2 is 2.13 bits per heavy atom. The van der Waals surface area contributed by atoms with Crippen molar-refractivity contribution in [3.05, 3.63) is 34.1 Å². The number of nitrogens with one attached hydrogen (secondary N) is 1. The van der Waals surface area contributed by atoms with E-state index in [-0.39, 0.29) is 5.82 Å². The number of nitrogens with two attached hydrogens (primary N) is 1. The number of aromatic amines is 1. The number of rotatable bonds is 1. The van der Waals surface area contributed by atoms with E-state index in [0.29, 0.717) is 15.9 Å². The molecule has 0 saturated heterocycles. The molecule has 1 aromatic carbocycles. The number of anilines is 1. The largest absolute Gasteiger partial charge is 0.382 e. The van der Waals surface area contributed by atoms with Crippen molar-refractivity contribution in [3.63, 3.8) is 0 Å². The monoisotopic (exact) mass is 269 g/mol. The van der Waals surface area contributed by atoms with Crippen molar-refractivity contribution >= 4 is 21.7 Å². The average molecular weight is 270 g/mol. The minimum atomic E-state index is -0.244. The molecule has 2 rings (SSSR count). The summed E-state index contributed by atoms with van der Waals surface area (Å²) in [4.78, 5) is 0. The summed E-state index contributed by atoms with van der Waals surface area (Å²) < 4.78 is 13.8. The molecule has 3 N–H and O–H groups in total. The van der Waals surface area contributed by atoms with E-state index in [1.165, 1.54) is 0 Å². The number of nitrogen functional groups attached to an aromatic ring is 1. The normalized spacial score (nSPS) is 10.6. The van der Waals surface area contributed by atoms with Gasteiger partial charge >= 0.3 is 0 Å². The summed E-state index contributed by atoms with van der Waals surface area (Å²) in [6.45, 7) is 1.71. The molecule has 0 amide bonds. The van der Waals surface area contributed by atoms with Gasteiger partial charge in [-0.3, -0.25) is 5.10 Å². The van der Waals surface area contributed by atoms with Crippen LogP contribution in [-0.2, 0) is 0 Å². The van der Waals surface area contributed by atoms with Gasteiger partial charge < -0.3 is 5.73 Å². The van der Waals surface area contributed by atoms with Gasteiger partial charge in [0.15, 0.2) is 0 Å². The van der Waals surface area contributed by atoms with E-state index in [4.69, 9.17) is 5.73 Å². The maximum Gasteiger partial charge on any atom is 0.145 e. The summed E-state index contributed by atoms with van der Waals surface area (Å²) >= 11 is 3.16. The van der Waals surface area contributed by atoms with Crippen LogP contribution in [0.5, 0.6) is 0 Å². The lowest BCUT2D eigenvalue weighted by molar-refractivity contribution is 0.612. The molecule has 3 nitrogen and oxygen atoms in total. The molecule has 0 atom stereocenters. The fourth-order valence-electron chi connectivity index (χ4n) is 1.37. The van der Waals surface area contributed by atoms with Gasteiger partial charge in [-0.15, -0.1) is 0 Å². The van der Waals surface area contributed by atoms with Crippen LogP contribution in [0.3, 0.4) is 0 Å². The number of H-pyrrole nitrogens is 1. The minimum absolute atomic E-state index is 0.244. The maximum absolute atomic E-state index is 13.3. The molecule has 1 heterocycles. The van der Waals surface area contributed by atoms with Crippen molar-refractivity contribution in [1.29, 1.82) is 0 Å². The molecule has 2 aromatic rings. The molecule has 1 aromatic heterocycles. The number of aromatic nitrogens is 2. The number of benzene rings is 1. The molecule has 0 saturated carbocycles. The highest BCUT2D eigenvalue weighted by Gasteiger charge is 2.08. The van der Waals surface area contributed by atoms with E-state index in [2.05, 4.69) is 26.1 Å². The second kappa shape index (κ2) is 3.66. The number of hydrogen-bond acceptors (Lipinski definition) is 2. The van der Waals surface area contributed by atoms with Gasteiger partial charge in [0.05, 0.1) is 10.2 Å². The first-order chi connectivity index (χ1) is 7.08. The van der Waals surface area contributed by atoms with Crippen LogP contribution in [0.1, 0.15) is 5.56 Å². The Labute approximate surface area is 94.6 Å². The van der Waals surface area contributed by atoms with Crippen molar-refractivity contribution in [3.8, 4) is 11.3 Å². The van der Waals surface area contributed by atoms with E-state index >= 15 is 0 Å². The zero-order valence-corrected chi connectivity index (χ0v) is 9.60. The van der Waals surface area contributed by atoms with E-state index in [9.17, 15) is 4.39 Å². The predicted octanol–water partition coefficient (Wildman–Crippen LogP) is 2.87. The quantitative estimate of drug-likeness (QED) is 0.837. The predicted molar refractivity (Wildman–Crippen MR) is 60.8 cm³/mol. The first-order valence-electron chi connectivity index (χ1n) is 4.35. The SMILES string of the molecule is Cc1cc(-c2cc(N)n[nH]2)cc(Br)c1F. The van der Waals surface area contributed by atoms with Crippen LogP contribution in [-0.4, -0.2) is 10.2 Å². The first kappa shape index (κ1) is 10.2. The van der Waals surface area contributed by atoms with Crippen LogP contribution in [0.25, 0.3) is 11.3 Å². The third kappa shape index (κ3) is 1.87. The smallest absolute Gasteiger partial charge is 0.145 e. The zero-order chi connectivity index (χ0) is 11.0. The lowest BCUT2D eigenvalue weighted by Gasteiger charge is -2.03. The Hall–Kier alpha value is -1.36. The summed E-state index contributed by atoms with van der Waals surface area (Å²) in [5.41, 5.74) is 7.70. The highest BCUT2D eigenvalue weighted by molar-refractivity contribution is 9.10. The molecule has 0 aliphatic heterocycles. The van der Waals surface area contributed by atoms with Crippen LogP contribution in [0.15, 0.2) is 22.7 Å². The standard InChI is InChI=1S/C10H9BrFN3/c1-5-2-6(3-7(11)10(5)12)8-4-9(13)15-14-8/h2-4H,1H3,(H3,13,14,15). The molecule has 0 radical (unpaired) electrons. The van der Waals surface area contributed by atoms with E-state index in [0.717, 1.165) is 11.3 Å². The summed E-state index contributed by atoms with van der Waals surface area (Å²) in [6, 6.07) is 5.14. The fourth-order valence-corrected chi connectivity index (χ4v) is 1.93. The Morgan fingerprint density at radius 3 is 2.67 bits per heavy atom. The molecule has 0 unspecified atom stereocenters. The number of halogens is 2. The molecular weight excluding hydrogens is 261 g/mol. The van der Waals surface area contributed by atoms with Gasteiger partial charge in [-0.2, -0.15) is 5.10 Å². The highest BCUT2D eigenvalue weighted by Crippen LogP contribution is 2.27. The van der Waals surface area contributed by atoms with Crippen LogP contribution in [0.2, 0.25) is 0 Å². The minimum Gasteiger partial charge on any atom is -0.382 e. The van der Waals surface area contributed by atoms with Gasteiger partial charge in [0.1, 0.15) is 11.6 Å². The van der Waals surface area contributed by atoms with Crippen molar-refractivity contribution in [2.45, 2.75) is 6.92 Å². The molecule has 15 heavy (non-hydrogen) atoms. The number of hydrogen-bond donors (Lipinski definition) is 2. The topological polar surface area (TPSA) is 54.7 Å². The molecular formula is C10H9BrFN3. The van der Waals surface area contributed by atoms with Gasteiger partial charge in [0.25, 0.3) is 0 Å². The third-order valence-electron chi connectivity index (χ3n) is 2.12. The van der Waals surface area contributed by atoms with Crippen molar-refractivity contribution in [2.75, 3.05) is 5.73 Å². The average Bonchev–Trinajstić information content (AvgIpc) is 2.60. The second-order valence-corrected chi connectivity index (χ2v) is 4.15. The fraction of sp³-hybridized carbons (Fsp3) is 0.100. The molecule has 0 bridgehead atoms. The van der Waals surface area contributed by atoms with Crippen LogP contribution >= 0.6 is 15.9 Å². The van der Waals surface area contributed by atoms with Gasteiger partial charge in [0.2, 0.25) is 0 Å². The van der Waals surface area contributed by atoms with Crippen LogP contribution in [0.4, 0.5) is 10.2 Å². The van der Waals surface area contributed by atoms with Crippen molar-refractivity contribution in [1.82, 2.24) is 10.2 Å². The molecule has 0 aliphatic rings. The summed E-state index contributed by atoms with van der Waals surface area (Å²) in [5.74, 6) is 0.175. The van der Waals surface area contributed by atoms with Gasteiger partial charge in [-0.25, -0.2) is 4.39 Å². The Kier molecular flexibility index (Phi) is 2.48. The lowest BCUT2D eigenvalue weighted by Crippen LogP contribution is -1.87. The van der Waals surface area contributed by atoms with Gasteiger partial charge in [-0.1, -0.05) is 0 Å². The number of aryl methyl sites for hydroxylation is 1. The molecule has 5 heteroatoms. The lowest BCUT2D eigenvalue weighted by atomic mass is 10.1. The second-order valence-electron chi connectivity index (χ2n) is 3.30. The van der Waals surface area contributed by atoms with E-state index in [1.54, 1.807) is 25.1 Å².